The number of fused-ring (bicyclic) bond motifs is 1. The van der Waals surface area contributed by atoms with Crippen molar-refractivity contribution in [3.8, 4) is 0 Å². The second-order valence-electron chi connectivity index (χ2n) is 7.97. The van der Waals surface area contributed by atoms with Gasteiger partial charge in [0.2, 0.25) is 0 Å². The van der Waals surface area contributed by atoms with Crippen LogP contribution in [0, 0.1) is 5.92 Å². The number of nitrogens with one attached hydrogen (secondary N) is 2. The molecule has 2 aromatic heterocycles. The molecule has 9 nitrogen and oxygen atoms in total. The molecule has 0 aromatic carbocycles. The lowest BCUT2D eigenvalue weighted by Crippen LogP contribution is -2.37. The van der Waals surface area contributed by atoms with Gasteiger partial charge in [-0.3, -0.25) is 9.48 Å². The lowest BCUT2D eigenvalue weighted by atomic mass is 9.94. The number of halogens is 1. The third-order valence-corrected chi connectivity index (χ3v) is 4.85. The molecule has 0 bridgehead atoms. The van der Waals surface area contributed by atoms with E-state index in [1.165, 1.54) is 0 Å². The minimum atomic E-state index is -0.529. The number of amides is 2. The predicted octanol–water partition coefficient (Wildman–Crippen LogP) is 2.45. The zero-order valence-electron chi connectivity index (χ0n) is 16.7. The smallest absolute Gasteiger partial charge is 0.407 e. The van der Waals surface area contributed by atoms with Gasteiger partial charge in [-0.1, -0.05) is 0 Å². The van der Waals surface area contributed by atoms with E-state index in [2.05, 4.69) is 41.6 Å². The molecule has 3 heterocycles. The number of aryl methyl sites for hydroxylation is 1. The molecule has 1 unspecified atom stereocenters. The number of ether oxygens (including phenoxy) is 1. The Balaban J connectivity index is 1.56. The van der Waals surface area contributed by atoms with Crippen molar-refractivity contribution in [2.45, 2.75) is 52.3 Å². The molecule has 2 amide bonds. The zero-order valence-corrected chi connectivity index (χ0v) is 18.3. The molecule has 1 aliphatic heterocycles. The first-order chi connectivity index (χ1) is 13.7. The van der Waals surface area contributed by atoms with Gasteiger partial charge in [-0.25, -0.2) is 14.8 Å². The summed E-state index contributed by atoms with van der Waals surface area (Å²) in [5, 5.41) is 9.99. The molecule has 0 spiro atoms. The summed E-state index contributed by atoms with van der Waals surface area (Å²) in [7, 11) is 0. The van der Waals surface area contributed by atoms with Gasteiger partial charge in [0.15, 0.2) is 0 Å². The number of alkyl carbamates (subject to hydrolysis) is 1. The first-order valence-corrected chi connectivity index (χ1v) is 10.3. The largest absolute Gasteiger partial charge is 0.444 e. The summed E-state index contributed by atoms with van der Waals surface area (Å²) in [6, 6.07) is 0. The second kappa shape index (κ2) is 8.89. The van der Waals surface area contributed by atoms with Crippen LogP contribution in [0.15, 0.2) is 23.1 Å². The second-order valence-corrected chi connectivity index (χ2v) is 8.89. The molecule has 29 heavy (non-hydrogen) atoms. The molecule has 3 rings (SSSR count). The average Bonchev–Trinajstić information content (AvgIpc) is 3.07. The molecule has 0 radical (unpaired) electrons. The van der Waals surface area contributed by atoms with Gasteiger partial charge in [-0.05, 0) is 55.5 Å². The van der Waals surface area contributed by atoms with Crippen molar-refractivity contribution in [3.05, 3.63) is 40.1 Å². The number of hydrogen-bond donors (Lipinski definition) is 2. The van der Waals surface area contributed by atoms with Gasteiger partial charge >= 0.3 is 6.09 Å². The highest BCUT2D eigenvalue weighted by atomic mass is 79.9. The Labute approximate surface area is 177 Å². The summed E-state index contributed by atoms with van der Waals surface area (Å²) in [4.78, 5) is 32.8. The summed E-state index contributed by atoms with van der Waals surface area (Å²) >= 11 is 3.28. The lowest BCUT2D eigenvalue weighted by Gasteiger charge is -2.25. The lowest BCUT2D eigenvalue weighted by molar-refractivity contribution is 0.0516. The van der Waals surface area contributed by atoms with Crippen molar-refractivity contribution >= 4 is 27.9 Å². The van der Waals surface area contributed by atoms with E-state index in [1.807, 2.05) is 25.5 Å². The monoisotopic (exact) mass is 464 g/mol. The number of carbonyl (C=O) groups excluding carboxylic acids is 2. The normalized spacial score (nSPS) is 16.1. The van der Waals surface area contributed by atoms with Gasteiger partial charge < -0.3 is 15.4 Å². The van der Waals surface area contributed by atoms with Crippen LogP contribution in [0.25, 0.3) is 0 Å². The van der Waals surface area contributed by atoms with Crippen LogP contribution < -0.4 is 10.6 Å². The minimum absolute atomic E-state index is 0.210. The SMILES string of the molecule is CC(C)(C)OC(=O)NCC1CCn2ncc(C(=O)NCc3ncc(Br)cn3)c2C1. The zero-order chi connectivity index (χ0) is 21.0. The molecule has 0 fully saturated rings. The van der Waals surface area contributed by atoms with Gasteiger partial charge in [0.25, 0.3) is 5.91 Å². The molecular weight excluding hydrogens is 440 g/mol. The highest BCUT2D eigenvalue weighted by Gasteiger charge is 2.26. The maximum atomic E-state index is 12.6. The molecule has 1 atom stereocenters. The Morgan fingerprint density at radius 1 is 1.24 bits per heavy atom. The summed E-state index contributed by atoms with van der Waals surface area (Å²) in [5.41, 5.74) is 0.893. The van der Waals surface area contributed by atoms with E-state index in [0.29, 0.717) is 30.9 Å². The van der Waals surface area contributed by atoms with Crippen molar-refractivity contribution in [2.75, 3.05) is 6.54 Å². The Bertz CT molecular complexity index is 875. The molecule has 1 aliphatic rings. The Kier molecular flexibility index (Phi) is 6.51. The van der Waals surface area contributed by atoms with Crippen molar-refractivity contribution in [1.29, 1.82) is 0 Å². The van der Waals surface area contributed by atoms with Gasteiger partial charge in [0.05, 0.1) is 28.5 Å². The van der Waals surface area contributed by atoms with Crippen LogP contribution in [0.2, 0.25) is 0 Å². The van der Waals surface area contributed by atoms with Crippen LogP contribution >= 0.6 is 15.9 Å². The van der Waals surface area contributed by atoms with Gasteiger partial charge in [0, 0.05) is 25.5 Å². The van der Waals surface area contributed by atoms with Gasteiger partial charge in [0.1, 0.15) is 11.4 Å². The summed E-state index contributed by atoms with van der Waals surface area (Å²) in [6.45, 7) is 6.93. The fourth-order valence-electron chi connectivity index (χ4n) is 3.09. The predicted molar refractivity (Wildman–Crippen MR) is 109 cm³/mol. The van der Waals surface area contributed by atoms with E-state index < -0.39 is 11.7 Å². The fraction of sp³-hybridized carbons (Fsp3) is 0.526. The summed E-state index contributed by atoms with van der Waals surface area (Å²) in [5.74, 6) is 0.536. The quantitative estimate of drug-likeness (QED) is 0.702. The molecule has 10 heteroatoms. The maximum absolute atomic E-state index is 12.6. The van der Waals surface area contributed by atoms with Crippen LogP contribution in [0.5, 0.6) is 0 Å². The molecular formula is C19H25BrN6O3. The molecule has 156 valence electrons. The van der Waals surface area contributed by atoms with Gasteiger partial charge in [-0.2, -0.15) is 5.10 Å². The van der Waals surface area contributed by atoms with Crippen molar-refractivity contribution in [1.82, 2.24) is 30.4 Å². The van der Waals surface area contributed by atoms with Crippen LogP contribution in [0.4, 0.5) is 4.79 Å². The van der Waals surface area contributed by atoms with Crippen molar-refractivity contribution in [2.24, 2.45) is 5.92 Å². The number of nitrogens with zero attached hydrogens (tertiary/aromatic N) is 4. The minimum Gasteiger partial charge on any atom is -0.444 e. The topological polar surface area (TPSA) is 111 Å². The van der Waals surface area contributed by atoms with Crippen molar-refractivity contribution in [3.63, 3.8) is 0 Å². The van der Waals surface area contributed by atoms with Crippen LogP contribution in [0.1, 0.15) is 49.1 Å². The molecule has 2 N–H and O–H groups in total. The average molecular weight is 465 g/mol. The van der Waals surface area contributed by atoms with Crippen LogP contribution in [-0.4, -0.2) is 43.9 Å². The van der Waals surface area contributed by atoms with Gasteiger partial charge in [-0.15, -0.1) is 0 Å². The summed E-state index contributed by atoms with van der Waals surface area (Å²) in [6.07, 6.45) is 5.98. The number of hydrogen-bond acceptors (Lipinski definition) is 6. The Morgan fingerprint density at radius 3 is 2.66 bits per heavy atom. The molecule has 0 aliphatic carbocycles. The number of carbonyl (C=O) groups is 2. The molecule has 0 saturated heterocycles. The summed E-state index contributed by atoms with van der Waals surface area (Å²) < 4.78 is 7.92. The third-order valence-electron chi connectivity index (χ3n) is 4.44. The number of rotatable bonds is 5. The van der Waals surface area contributed by atoms with E-state index >= 15 is 0 Å². The van der Waals surface area contributed by atoms with E-state index in [1.54, 1.807) is 18.6 Å². The van der Waals surface area contributed by atoms with Crippen LogP contribution in [-0.2, 0) is 24.2 Å². The third kappa shape index (κ3) is 5.99. The Hall–Kier alpha value is -2.49. The standard InChI is InChI=1S/C19H25BrN6O3/c1-19(2,3)29-18(28)24-7-12-4-5-26-15(6-12)14(10-25-26)17(27)23-11-16-21-8-13(20)9-22-16/h8-10,12H,4-7,11H2,1-3H3,(H,23,27)(H,24,28). The highest BCUT2D eigenvalue weighted by molar-refractivity contribution is 9.10. The highest BCUT2D eigenvalue weighted by Crippen LogP contribution is 2.23. The van der Waals surface area contributed by atoms with E-state index in [-0.39, 0.29) is 18.4 Å². The molecule has 0 saturated carbocycles. The van der Waals surface area contributed by atoms with E-state index in [9.17, 15) is 9.59 Å². The first-order valence-electron chi connectivity index (χ1n) is 9.47. The van der Waals surface area contributed by atoms with Crippen LogP contribution in [0.3, 0.4) is 0 Å². The van der Waals surface area contributed by atoms with E-state index in [4.69, 9.17) is 4.74 Å². The maximum Gasteiger partial charge on any atom is 0.407 e. The molecule has 2 aromatic rings. The van der Waals surface area contributed by atoms with E-state index in [0.717, 1.165) is 16.6 Å². The fourth-order valence-corrected chi connectivity index (χ4v) is 3.29. The first kappa shape index (κ1) is 21.2. The number of aromatic nitrogens is 4. The Morgan fingerprint density at radius 2 is 1.97 bits per heavy atom. The van der Waals surface area contributed by atoms with Crippen molar-refractivity contribution < 1.29 is 14.3 Å².